The third kappa shape index (κ3) is 3.46. The molecule has 4 aromatic rings. The maximum atomic E-state index is 12.7. The Morgan fingerprint density at radius 3 is 2.47 bits per heavy atom. The van der Waals surface area contributed by atoms with Crippen molar-refractivity contribution in [1.82, 2.24) is 4.98 Å². The summed E-state index contributed by atoms with van der Waals surface area (Å²) < 4.78 is 5.85. The molecule has 1 aliphatic heterocycles. The van der Waals surface area contributed by atoms with Crippen molar-refractivity contribution in [1.29, 1.82) is 0 Å². The van der Waals surface area contributed by atoms with E-state index in [1.807, 2.05) is 72.8 Å². The summed E-state index contributed by atoms with van der Waals surface area (Å²) in [6, 6.07) is 26.2. The van der Waals surface area contributed by atoms with E-state index < -0.39 is 0 Å². The van der Waals surface area contributed by atoms with E-state index in [4.69, 9.17) is 4.74 Å². The molecule has 5 nitrogen and oxygen atoms in total. The molecular formula is C24H18N2O3S. The van der Waals surface area contributed by atoms with Gasteiger partial charge in [0.2, 0.25) is 5.91 Å². The second-order valence-electron chi connectivity index (χ2n) is 6.92. The van der Waals surface area contributed by atoms with Crippen molar-refractivity contribution >= 4 is 34.3 Å². The topological polar surface area (TPSA) is 62.7 Å². The highest BCUT2D eigenvalue weighted by Crippen LogP contribution is 2.42. The molecule has 0 bridgehead atoms. The summed E-state index contributed by atoms with van der Waals surface area (Å²) in [5.41, 5.74) is 2.07. The fraction of sp³-hybridized carbons (Fsp3) is 0.0833. The van der Waals surface area contributed by atoms with Crippen LogP contribution < -0.4 is 9.64 Å². The number of pyridine rings is 1. The van der Waals surface area contributed by atoms with Crippen LogP contribution in [0, 0.1) is 0 Å². The third-order valence-electron chi connectivity index (χ3n) is 4.94. The maximum absolute atomic E-state index is 12.7. The number of phenols is 1. The largest absolute Gasteiger partial charge is 0.506 e. The van der Waals surface area contributed by atoms with Crippen LogP contribution in [0.5, 0.6) is 17.2 Å². The van der Waals surface area contributed by atoms with Gasteiger partial charge in [-0.15, -0.1) is 11.8 Å². The van der Waals surface area contributed by atoms with Crippen molar-refractivity contribution in [3.8, 4) is 17.2 Å². The van der Waals surface area contributed by atoms with Crippen LogP contribution in [0.3, 0.4) is 0 Å². The number of para-hydroxylation sites is 2. The molecule has 30 heavy (non-hydrogen) atoms. The van der Waals surface area contributed by atoms with E-state index in [2.05, 4.69) is 4.98 Å². The first-order valence-electron chi connectivity index (χ1n) is 9.54. The molecule has 1 fully saturated rings. The number of aromatic nitrogens is 1. The van der Waals surface area contributed by atoms with Crippen molar-refractivity contribution < 1.29 is 14.6 Å². The minimum Gasteiger partial charge on any atom is -0.506 e. The number of ether oxygens (including phenoxy) is 1. The van der Waals surface area contributed by atoms with E-state index in [1.165, 1.54) is 11.8 Å². The Hall–Kier alpha value is -3.51. The lowest BCUT2D eigenvalue weighted by atomic mass is 10.1. The number of aromatic hydroxyl groups is 1. The van der Waals surface area contributed by atoms with Crippen LogP contribution in [-0.2, 0) is 4.79 Å². The number of rotatable bonds is 4. The van der Waals surface area contributed by atoms with E-state index in [1.54, 1.807) is 17.0 Å². The molecule has 148 valence electrons. The average Bonchev–Trinajstić information content (AvgIpc) is 3.16. The van der Waals surface area contributed by atoms with Gasteiger partial charge in [-0.2, -0.15) is 0 Å². The molecule has 5 rings (SSSR count). The summed E-state index contributed by atoms with van der Waals surface area (Å²) in [4.78, 5) is 19.1. The highest BCUT2D eigenvalue weighted by molar-refractivity contribution is 8.00. The van der Waals surface area contributed by atoms with Crippen LogP contribution in [0.15, 0.2) is 84.9 Å². The number of benzene rings is 3. The van der Waals surface area contributed by atoms with Gasteiger partial charge in [-0.05, 0) is 48.5 Å². The molecular weight excluding hydrogens is 396 g/mol. The van der Waals surface area contributed by atoms with Gasteiger partial charge in [0.1, 0.15) is 28.1 Å². The molecule has 1 aliphatic rings. The second-order valence-corrected chi connectivity index (χ2v) is 7.99. The summed E-state index contributed by atoms with van der Waals surface area (Å²) in [5.74, 6) is 2.01. The molecule has 6 heteroatoms. The monoisotopic (exact) mass is 414 g/mol. The van der Waals surface area contributed by atoms with Crippen LogP contribution in [0.4, 0.5) is 5.69 Å². The molecule has 0 radical (unpaired) electrons. The molecule has 1 N–H and O–H groups in total. The fourth-order valence-electron chi connectivity index (χ4n) is 3.51. The molecule has 1 amide bonds. The Morgan fingerprint density at radius 2 is 1.67 bits per heavy atom. The summed E-state index contributed by atoms with van der Waals surface area (Å²) in [7, 11) is 0. The Labute approximate surface area is 177 Å². The van der Waals surface area contributed by atoms with Crippen molar-refractivity contribution in [2.45, 2.75) is 5.37 Å². The lowest BCUT2D eigenvalue weighted by molar-refractivity contribution is -0.115. The number of thioether (sulfide) groups is 1. The number of amides is 1. The SMILES string of the molecule is O=C1CSC(c2ccc3cccc(O)c3n2)N1c1ccc(Oc2ccccc2)cc1. The number of anilines is 1. The fourth-order valence-corrected chi connectivity index (χ4v) is 4.64. The van der Waals surface area contributed by atoms with Crippen LogP contribution in [0.1, 0.15) is 11.1 Å². The van der Waals surface area contributed by atoms with Crippen molar-refractivity contribution in [3.63, 3.8) is 0 Å². The number of nitrogens with zero attached hydrogens (tertiary/aromatic N) is 2. The zero-order valence-corrected chi connectivity index (χ0v) is 16.8. The normalized spacial score (nSPS) is 16.2. The van der Waals surface area contributed by atoms with E-state index >= 15 is 0 Å². The van der Waals surface area contributed by atoms with Crippen molar-refractivity contribution in [3.05, 3.63) is 90.6 Å². The molecule has 3 aromatic carbocycles. The van der Waals surface area contributed by atoms with Gasteiger partial charge in [-0.3, -0.25) is 9.69 Å². The molecule has 1 aromatic heterocycles. The first kappa shape index (κ1) is 18.5. The van der Waals surface area contributed by atoms with E-state index in [0.29, 0.717) is 17.0 Å². The lowest BCUT2D eigenvalue weighted by Crippen LogP contribution is -2.28. The molecule has 2 heterocycles. The number of carbonyl (C=O) groups excluding carboxylic acids is 1. The number of hydrogen-bond donors (Lipinski definition) is 1. The Balaban J connectivity index is 1.44. The predicted octanol–water partition coefficient (Wildman–Crippen LogP) is 5.51. The third-order valence-corrected chi connectivity index (χ3v) is 6.12. The maximum Gasteiger partial charge on any atom is 0.238 e. The first-order chi connectivity index (χ1) is 14.7. The van der Waals surface area contributed by atoms with Crippen LogP contribution >= 0.6 is 11.8 Å². The summed E-state index contributed by atoms with van der Waals surface area (Å²) >= 11 is 1.53. The van der Waals surface area contributed by atoms with Gasteiger partial charge in [0.15, 0.2) is 0 Å². The number of phenolic OH excluding ortho intramolecular Hbond substituents is 1. The zero-order valence-electron chi connectivity index (χ0n) is 15.9. The number of fused-ring (bicyclic) bond motifs is 1. The van der Waals surface area contributed by atoms with Gasteiger partial charge in [-0.25, -0.2) is 4.98 Å². The molecule has 0 saturated carbocycles. The van der Waals surface area contributed by atoms with Gasteiger partial charge >= 0.3 is 0 Å². The van der Waals surface area contributed by atoms with Gasteiger partial charge in [0.05, 0.1) is 11.4 Å². The standard InChI is InChI=1S/C24H18N2O3S/c27-21-8-4-5-16-9-14-20(25-23(16)21)24-26(22(28)15-30-24)17-10-12-19(13-11-17)29-18-6-2-1-3-7-18/h1-14,24,27H,15H2. The minimum absolute atomic E-state index is 0.0286. The summed E-state index contributed by atoms with van der Waals surface area (Å²) in [6.07, 6.45) is 0. The Bertz CT molecular complexity index is 1210. The highest BCUT2D eigenvalue weighted by Gasteiger charge is 2.35. The van der Waals surface area contributed by atoms with E-state index in [0.717, 1.165) is 22.5 Å². The lowest BCUT2D eigenvalue weighted by Gasteiger charge is -2.24. The predicted molar refractivity (Wildman–Crippen MR) is 119 cm³/mol. The number of carbonyl (C=O) groups is 1. The quantitative estimate of drug-likeness (QED) is 0.477. The smallest absolute Gasteiger partial charge is 0.238 e. The molecule has 0 spiro atoms. The average molecular weight is 414 g/mol. The van der Waals surface area contributed by atoms with Gasteiger partial charge in [-0.1, -0.05) is 36.4 Å². The summed E-state index contributed by atoms with van der Waals surface area (Å²) in [6.45, 7) is 0. The van der Waals surface area contributed by atoms with Crippen LogP contribution in [0.25, 0.3) is 10.9 Å². The second kappa shape index (κ2) is 7.72. The van der Waals surface area contributed by atoms with E-state index in [-0.39, 0.29) is 17.0 Å². The van der Waals surface area contributed by atoms with Crippen LogP contribution in [-0.4, -0.2) is 21.8 Å². The van der Waals surface area contributed by atoms with Gasteiger partial charge in [0, 0.05) is 11.1 Å². The number of hydrogen-bond acceptors (Lipinski definition) is 5. The Morgan fingerprint density at radius 1 is 0.900 bits per heavy atom. The molecule has 1 unspecified atom stereocenters. The molecule has 0 aliphatic carbocycles. The molecule has 1 atom stereocenters. The van der Waals surface area contributed by atoms with E-state index in [9.17, 15) is 9.90 Å². The van der Waals surface area contributed by atoms with Crippen molar-refractivity contribution in [2.24, 2.45) is 0 Å². The van der Waals surface area contributed by atoms with Gasteiger partial charge in [0.25, 0.3) is 0 Å². The van der Waals surface area contributed by atoms with Gasteiger partial charge < -0.3 is 9.84 Å². The molecule has 1 saturated heterocycles. The summed E-state index contributed by atoms with van der Waals surface area (Å²) in [5, 5.41) is 10.8. The zero-order chi connectivity index (χ0) is 20.5. The van der Waals surface area contributed by atoms with Crippen molar-refractivity contribution in [2.75, 3.05) is 10.7 Å². The first-order valence-corrected chi connectivity index (χ1v) is 10.6. The minimum atomic E-state index is -0.248. The highest BCUT2D eigenvalue weighted by atomic mass is 32.2. The van der Waals surface area contributed by atoms with Crippen LogP contribution in [0.2, 0.25) is 0 Å². The Kier molecular flexibility index (Phi) is 4.77.